The fourth-order valence-corrected chi connectivity index (χ4v) is 1.71. The molecule has 0 saturated carbocycles. The van der Waals surface area contributed by atoms with Crippen molar-refractivity contribution in [3.05, 3.63) is 29.3 Å². The van der Waals surface area contributed by atoms with Gasteiger partial charge >= 0.3 is 0 Å². The number of rotatable bonds is 6. The molecule has 94 valence electrons. The van der Waals surface area contributed by atoms with E-state index in [0.717, 1.165) is 30.7 Å². The first-order valence-corrected chi connectivity index (χ1v) is 6.07. The van der Waals surface area contributed by atoms with E-state index >= 15 is 0 Å². The van der Waals surface area contributed by atoms with Crippen LogP contribution in [-0.4, -0.2) is 19.6 Å². The van der Waals surface area contributed by atoms with Gasteiger partial charge in [-0.25, -0.2) is 0 Å². The van der Waals surface area contributed by atoms with Crippen molar-refractivity contribution in [1.29, 1.82) is 0 Å². The molecule has 0 atom stereocenters. The number of hydrogen-bond donors (Lipinski definition) is 1. The van der Waals surface area contributed by atoms with Crippen molar-refractivity contribution in [3.8, 4) is 5.75 Å². The Bertz CT molecular complexity index is 374. The minimum Gasteiger partial charge on any atom is -0.496 e. The quantitative estimate of drug-likeness (QED) is 0.822. The van der Waals surface area contributed by atoms with Gasteiger partial charge < -0.3 is 10.1 Å². The highest BCUT2D eigenvalue weighted by Gasteiger charge is 2.03. The Hall–Kier alpha value is -1.51. The second-order valence-electron chi connectivity index (χ2n) is 4.15. The van der Waals surface area contributed by atoms with Crippen molar-refractivity contribution in [2.24, 2.45) is 0 Å². The first-order valence-electron chi connectivity index (χ1n) is 6.07. The molecular formula is C14H21NO2. The number of benzene rings is 1. The van der Waals surface area contributed by atoms with E-state index in [9.17, 15) is 4.79 Å². The number of carbonyl (C=O) groups is 1. The van der Waals surface area contributed by atoms with Crippen LogP contribution in [0.4, 0.5) is 0 Å². The monoisotopic (exact) mass is 235 g/mol. The average Bonchev–Trinajstić information content (AvgIpc) is 2.34. The molecule has 1 rings (SSSR count). The van der Waals surface area contributed by atoms with Crippen LogP contribution in [0.3, 0.4) is 0 Å². The third-order valence-electron chi connectivity index (χ3n) is 2.67. The van der Waals surface area contributed by atoms with E-state index in [1.807, 2.05) is 26.0 Å². The van der Waals surface area contributed by atoms with Crippen LogP contribution in [-0.2, 0) is 11.2 Å². The molecule has 1 aromatic carbocycles. The number of nitrogens with one attached hydrogen (secondary N) is 1. The SMILES string of the molecule is CCCNC(=O)CCc1ccc(OC)c(C)c1. The van der Waals surface area contributed by atoms with E-state index < -0.39 is 0 Å². The summed E-state index contributed by atoms with van der Waals surface area (Å²) in [7, 11) is 1.67. The minimum atomic E-state index is 0.125. The van der Waals surface area contributed by atoms with Crippen LogP contribution in [0, 0.1) is 6.92 Å². The van der Waals surface area contributed by atoms with E-state index in [-0.39, 0.29) is 5.91 Å². The van der Waals surface area contributed by atoms with Crippen molar-refractivity contribution in [3.63, 3.8) is 0 Å². The summed E-state index contributed by atoms with van der Waals surface area (Å²) in [4.78, 5) is 11.4. The van der Waals surface area contributed by atoms with Gasteiger partial charge in [0, 0.05) is 13.0 Å². The molecule has 0 bridgehead atoms. The number of carbonyl (C=O) groups excluding carboxylic acids is 1. The Kier molecular flexibility index (Phi) is 5.53. The maximum absolute atomic E-state index is 11.4. The summed E-state index contributed by atoms with van der Waals surface area (Å²) < 4.78 is 5.20. The summed E-state index contributed by atoms with van der Waals surface area (Å²) in [6.45, 7) is 4.83. The zero-order chi connectivity index (χ0) is 12.7. The van der Waals surface area contributed by atoms with E-state index in [1.54, 1.807) is 7.11 Å². The van der Waals surface area contributed by atoms with Crippen molar-refractivity contribution in [1.82, 2.24) is 5.32 Å². The Labute approximate surface area is 103 Å². The summed E-state index contributed by atoms with van der Waals surface area (Å²) in [6, 6.07) is 6.04. The molecule has 0 aliphatic rings. The zero-order valence-electron chi connectivity index (χ0n) is 10.9. The number of amides is 1. The van der Waals surface area contributed by atoms with Crippen LogP contribution >= 0.6 is 0 Å². The van der Waals surface area contributed by atoms with Crippen molar-refractivity contribution in [2.75, 3.05) is 13.7 Å². The molecule has 3 heteroatoms. The van der Waals surface area contributed by atoms with E-state index in [2.05, 4.69) is 11.4 Å². The first-order chi connectivity index (χ1) is 8.17. The maximum Gasteiger partial charge on any atom is 0.220 e. The second-order valence-corrected chi connectivity index (χ2v) is 4.15. The predicted molar refractivity (Wildman–Crippen MR) is 69.4 cm³/mol. The molecule has 0 radical (unpaired) electrons. The van der Waals surface area contributed by atoms with Gasteiger partial charge in [0.2, 0.25) is 5.91 Å². The van der Waals surface area contributed by atoms with Crippen LogP contribution in [0.2, 0.25) is 0 Å². The molecule has 0 aliphatic carbocycles. The molecule has 1 aromatic rings. The second kappa shape index (κ2) is 6.94. The number of ether oxygens (including phenoxy) is 1. The smallest absolute Gasteiger partial charge is 0.220 e. The largest absolute Gasteiger partial charge is 0.496 e. The molecule has 0 spiro atoms. The molecule has 0 aromatic heterocycles. The molecular weight excluding hydrogens is 214 g/mol. The normalized spacial score (nSPS) is 10.1. The average molecular weight is 235 g/mol. The van der Waals surface area contributed by atoms with Crippen LogP contribution < -0.4 is 10.1 Å². The molecule has 3 nitrogen and oxygen atoms in total. The molecule has 0 heterocycles. The third-order valence-corrected chi connectivity index (χ3v) is 2.67. The van der Waals surface area contributed by atoms with E-state index in [1.165, 1.54) is 5.56 Å². The van der Waals surface area contributed by atoms with Crippen molar-refractivity contribution < 1.29 is 9.53 Å². The Morgan fingerprint density at radius 3 is 2.76 bits per heavy atom. The van der Waals surface area contributed by atoms with Gasteiger partial charge in [0.1, 0.15) is 5.75 Å². The van der Waals surface area contributed by atoms with Gasteiger partial charge in [0.15, 0.2) is 0 Å². The van der Waals surface area contributed by atoms with Crippen molar-refractivity contribution >= 4 is 5.91 Å². The number of aryl methyl sites for hydroxylation is 2. The zero-order valence-corrected chi connectivity index (χ0v) is 10.9. The molecule has 0 fully saturated rings. The lowest BCUT2D eigenvalue weighted by molar-refractivity contribution is -0.121. The Balaban J connectivity index is 2.47. The Morgan fingerprint density at radius 1 is 1.41 bits per heavy atom. The van der Waals surface area contributed by atoms with E-state index in [0.29, 0.717) is 6.42 Å². The van der Waals surface area contributed by atoms with Crippen LogP contribution in [0.5, 0.6) is 5.75 Å². The van der Waals surface area contributed by atoms with Gasteiger partial charge in [-0.15, -0.1) is 0 Å². The molecule has 0 unspecified atom stereocenters. The maximum atomic E-state index is 11.4. The van der Waals surface area contributed by atoms with Crippen LogP contribution in [0.1, 0.15) is 30.9 Å². The lowest BCUT2D eigenvalue weighted by Gasteiger charge is -2.07. The minimum absolute atomic E-state index is 0.125. The fraction of sp³-hybridized carbons (Fsp3) is 0.500. The lowest BCUT2D eigenvalue weighted by Crippen LogP contribution is -2.24. The van der Waals surface area contributed by atoms with Gasteiger partial charge in [-0.2, -0.15) is 0 Å². The van der Waals surface area contributed by atoms with Crippen molar-refractivity contribution in [2.45, 2.75) is 33.1 Å². The van der Waals surface area contributed by atoms with Gasteiger partial charge in [0.25, 0.3) is 0 Å². The summed E-state index contributed by atoms with van der Waals surface area (Å²) in [5.41, 5.74) is 2.29. The molecule has 1 amide bonds. The molecule has 1 N–H and O–H groups in total. The van der Waals surface area contributed by atoms with Gasteiger partial charge in [-0.3, -0.25) is 4.79 Å². The summed E-state index contributed by atoms with van der Waals surface area (Å²) >= 11 is 0. The number of hydrogen-bond acceptors (Lipinski definition) is 2. The highest BCUT2D eigenvalue weighted by Crippen LogP contribution is 2.19. The molecule has 17 heavy (non-hydrogen) atoms. The van der Waals surface area contributed by atoms with Crippen LogP contribution in [0.15, 0.2) is 18.2 Å². The summed E-state index contributed by atoms with van der Waals surface area (Å²) in [5, 5.41) is 2.88. The summed E-state index contributed by atoms with van der Waals surface area (Å²) in [5.74, 6) is 1.02. The third kappa shape index (κ3) is 4.47. The highest BCUT2D eigenvalue weighted by atomic mass is 16.5. The topological polar surface area (TPSA) is 38.3 Å². The fourth-order valence-electron chi connectivity index (χ4n) is 1.71. The lowest BCUT2D eigenvalue weighted by atomic mass is 10.1. The number of methoxy groups -OCH3 is 1. The Morgan fingerprint density at radius 2 is 2.18 bits per heavy atom. The van der Waals surface area contributed by atoms with Gasteiger partial charge in [-0.1, -0.05) is 19.1 Å². The predicted octanol–water partition coefficient (Wildman–Crippen LogP) is 2.46. The molecule has 0 saturated heterocycles. The van der Waals surface area contributed by atoms with E-state index in [4.69, 9.17) is 4.74 Å². The highest BCUT2D eigenvalue weighted by molar-refractivity contribution is 5.76. The molecule has 0 aliphatic heterocycles. The first kappa shape index (κ1) is 13.6. The van der Waals surface area contributed by atoms with Crippen LogP contribution in [0.25, 0.3) is 0 Å². The van der Waals surface area contributed by atoms with Gasteiger partial charge in [-0.05, 0) is 37.0 Å². The standard InChI is InChI=1S/C14H21NO2/c1-4-9-15-14(16)8-6-12-5-7-13(17-3)11(2)10-12/h5,7,10H,4,6,8-9H2,1-3H3,(H,15,16). The van der Waals surface area contributed by atoms with Gasteiger partial charge in [0.05, 0.1) is 7.11 Å². The summed E-state index contributed by atoms with van der Waals surface area (Å²) in [6.07, 6.45) is 2.31.